The van der Waals surface area contributed by atoms with Crippen molar-refractivity contribution in [3.63, 3.8) is 0 Å². The minimum atomic E-state index is -1.06. The van der Waals surface area contributed by atoms with Crippen LogP contribution in [0.3, 0.4) is 0 Å². The molecule has 0 aromatic rings. The van der Waals surface area contributed by atoms with E-state index in [4.69, 9.17) is 5.11 Å². The summed E-state index contributed by atoms with van der Waals surface area (Å²) in [4.78, 5) is 10.4. The molecule has 3 unspecified atom stereocenters. The standard InChI is InChI=1S/C18H36O5/c1-2-3-4-6-9-12-15(19)18(23)16(20)13-10-7-5-8-11-14-17(21)22/h15-16,18-20,23H,2-14H2,1H3,(H,21,22). The van der Waals surface area contributed by atoms with Crippen molar-refractivity contribution in [3.8, 4) is 0 Å². The maximum absolute atomic E-state index is 10.4. The van der Waals surface area contributed by atoms with Crippen LogP contribution < -0.4 is 0 Å². The first-order chi connectivity index (χ1) is 11.0. The van der Waals surface area contributed by atoms with Gasteiger partial charge in [0.1, 0.15) is 6.10 Å². The van der Waals surface area contributed by atoms with Gasteiger partial charge < -0.3 is 20.4 Å². The van der Waals surface area contributed by atoms with Crippen molar-refractivity contribution >= 4 is 5.97 Å². The summed E-state index contributed by atoms with van der Waals surface area (Å²) in [6.45, 7) is 2.15. The van der Waals surface area contributed by atoms with Crippen LogP contribution in [0.25, 0.3) is 0 Å². The van der Waals surface area contributed by atoms with Gasteiger partial charge in [0.15, 0.2) is 0 Å². The number of carboxylic acid groups (broad SMARTS) is 1. The summed E-state index contributed by atoms with van der Waals surface area (Å²) in [6.07, 6.45) is 8.14. The van der Waals surface area contributed by atoms with E-state index in [1.807, 2.05) is 0 Å². The highest BCUT2D eigenvalue weighted by Crippen LogP contribution is 2.15. The molecule has 0 aliphatic heterocycles. The molecule has 0 aliphatic carbocycles. The van der Waals surface area contributed by atoms with Crippen LogP contribution in [0.15, 0.2) is 0 Å². The quantitative estimate of drug-likeness (QED) is 0.325. The highest BCUT2D eigenvalue weighted by molar-refractivity contribution is 5.66. The predicted octanol–water partition coefficient (Wildman–Crippen LogP) is 3.24. The Morgan fingerprint density at radius 1 is 0.739 bits per heavy atom. The molecule has 0 rings (SSSR count). The van der Waals surface area contributed by atoms with Crippen molar-refractivity contribution < 1.29 is 25.2 Å². The van der Waals surface area contributed by atoms with E-state index in [9.17, 15) is 20.1 Å². The van der Waals surface area contributed by atoms with Crippen molar-refractivity contribution in [2.24, 2.45) is 0 Å². The van der Waals surface area contributed by atoms with Crippen LogP contribution in [0.4, 0.5) is 0 Å². The Bertz CT molecular complexity index is 283. The summed E-state index contributed by atoms with van der Waals surface area (Å²) < 4.78 is 0. The van der Waals surface area contributed by atoms with Gasteiger partial charge in [-0.3, -0.25) is 4.79 Å². The Morgan fingerprint density at radius 3 is 1.65 bits per heavy atom. The molecule has 4 N–H and O–H groups in total. The normalized spacial score (nSPS) is 15.3. The average Bonchev–Trinajstić information content (AvgIpc) is 2.52. The van der Waals surface area contributed by atoms with Crippen molar-refractivity contribution in [2.75, 3.05) is 0 Å². The molecule has 0 radical (unpaired) electrons. The number of hydrogen-bond donors (Lipinski definition) is 4. The molecule has 0 saturated carbocycles. The highest BCUT2D eigenvalue weighted by Gasteiger charge is 2.23. The van der Waals surface area contributed by atoms with Gasteiger partial charge >= 0.3 is 5.97 Å². The number of carboxylic acids is 1. The third-order valence-corrected chi connectivity index (χ3v) is 4.28. The van der Waals surface area contributed by atoms with E-state index in [1.165, 1.54) is 12.8 Å². The Morgan fingerprint density at radius 2 is 1.17 bits per heavy atom. The molecule has 0 heterocycles. The fourth-order valence-electron chi connectivity index (χ4n) is 2.72. The van der Waals surface area contributed by atoms with Gasteiger partial charge in [-0.25, -0.2) is 0 Å². The number of aliphatic hydroxyl groups excluding tert-OH is 3. The van der Waals surface area contributed by atoms with Gasteiger partial charge in [0, 0.05) is 6.42 Å². The monoisotopic (exact) mass is 332 g/mol. The van der Waals surface area contributed by atoms with Crippen molar-refractivity contribution in [1.29, 1.82) is 0 Å². The van der Waals surface area contributed by atoms with Gasteiger partial charge in [-0.2, -0.15) is 0 Å². The molecular formula is C18H36O5. The van der Waals surface area contributed by atoms with Crippen LogP contribution >= 0.6 is 0 Å². The highest BCUT2D eigenvalue weighted by atomic mass is 16.4. The number of aliphatic hydroxyl groups is 3. The summed E-state index contributed by atoms with van der Waals surface area (Å²) in [5.41, 5.74) is 0. The van der Waals surface area contributed by atoms with Crippen LogP contribution in [0.5, 0.6) is 0 Å². The lowest BCUT2D eigenvalue weighted by atomic mass is 9.97. The minimum absolute atomic E-state index is 0.214. The van der Waals surface area contributed by atoms with Gasteiger partial charge in [0.05, 0.1) is 12.2 Å². The van der Waals surface area contributed by atoms with E-state index in [0.717, 1.165) is 44.9 Å². The number of rotatable bonds is 16. The maximum Gasteiger partial charge on any atom is 0.303 e. The SMILES string of the molecule is CCCCCCCC(O)C(O)C(O)CCCCCCCC(=O)O. The zero-order valence-electron chi connectivity index (χ0n) is 14.6. The fraction of sp³-hybridized carbons (Fsp3) is 0.944. The van der Waals surface area contributed by atoms with E-state index < -0.39 is 24.3 Å². The van der Waals surface area contributed by atoms with Crippen molar-refractivity contribution in [3.05, 3.63) is 0 Å². The molecule has 5 heteroatoms. The second-order valence-electron chi connectivity index (χ2n) is 6.53. The molecule has 0 aromatic heterocycles. The lowest BCUT2D eigenvalue weighted by molar-refractivity contribution is -0.137. The molecule has 0 fully saturated rings. The van der Waals surface area contributed by atoms with E-state index in [-0.39, 0.29) is 6.42 Å². The Balaban J connectivity index is 3.59. The summed E-state index contributed by atoms with van der Waals surface area (Å²) in [6, 6.07) is 0. The van der Waals surface area contributed by atoms with E-state index >= 15 is 0 Å². The van der Waals surface area contributed by atoms with E-state index in [2.05, 4.69) is 6.92 Å². The molecule has 23 heavy (non-hydrogen) atoms. The number of unbranched alkanes of at least 4 members (excludes halogenated alkanes) is 8. The second kappa shape index (κ2) is 14.9. The first kappa shape index (κ1) is 22.4. The Labute approximate surface area is 140 Å². The molecule has 5 nitrogen and oxygen atoms in total. The van der Waals surface area contributed by atoms with Crippen molar-refractivity contribution in [2.45, 2.75) is 109 Å². The molecule has 0 aliphatic rings. The third kappa shape index (κ3) is 13.5. The van der Waals surface area contributed by atoms with Crippen LogP contribution in [-0.4, -0.2) is 44.7 Å². The smallest absolute Gasteiger partial charge is 0.303 e. The molecule has 0 aromatic carbocycles. The molecule has 0 amide bonds. The minimum Gasteiger partial charge on any atom is -0.481 e. The molecule has 0 spiro atoms. The number of aliphatic carboxylic acids is 1. The fourth-order valence-corrected chi connectivity index (χ4v) is 2.72. The lowest BCUT2D eigenvalue weighted by Crippen LogP contribution is -2.37. The number of carbonyl (C=O) groups is 1. The van der Waals surface area contributed by atoms with E-state index in [0.29, 0.717) is 19.3 Å². The largest absolute Gasteiger partial charge is 0.481 e. The van der Waals surface area contributed by atoms with Gasteiger partial charge in [-0.05, 0) is 19.3 Å². The molecule has 0 saturated heterocycles. The average molecular weight is 332 g/mol. The summed E-state index contributed by atoms with van der Waals surface area (Å²) in [5, 5.41) is 38.3. The molecule has 0 bridgehead atoms. The number of hydrogen-bond acceptors (Lipinski definition) is 4. The molecule has 3 atom stereocenters. The van der Waals surface area contributed by atoms with Gasteiger partial charge in [0.2, 0.25) is 0 Å². The summed E-state index contributed by atoms with van der Waals surface area (Å²) in [7, 11) is 0. The first-order valence-corrected chi connectivity index (χ1v) is 9.25. The van der Waals surface area contributed by atoms with E-state index in [1.54, 1.807) is 0 Å². The first-order valence-electron chi connectivity index (χ1n) is 9.25. The topological polar surface area (TPSA) is 98.0 Å². The van der Waals surface area contributed by atoms with Crippen LogP contribution in [0.1, 0.15) is 90.4 Å². The van der Waals surface area contributed by atoms with Crippen LogP contribution in [0.2, 0.25) is 0 Å². The summed E-state index contributed by atoms with van der Waals surface area (Å²) >= 11 is 0. The second-order valence-corrected chi connectivity index (χ2v) is 6.53. The maximum atomic E-state index is 10.4. The van der Waals surface area contributed by atoms with Crippen LogP contribution in [-0.2, 0) is 4.79 Å². The zero-order valence-corrected chi connectivity index (χ0v) is 14.6. The Hall–Kier alpha value is -0.650. The van der Waals surface area contributed by atoms with Gasteiger partial charge in [-0.1, -0.05) is 64.7 Å². The van der Waals surface area contributed by atoms with Gasteiger partial charge in [0.25, 0.3) is 0 Å². The van der Waals surface area contributed by atoms with Gasteiger partial charge in [-0.15, -0.1) is 0 Å². The molecular weight excluding hydrogens is 296 g/mol. The third-order valence-electron chi connectivity index (χ3n) is 4.28. The van der Waals surface area contributed by atoms with Crippen LogP contribution in [0, 0.1) is 0 Å². The lowest BCUT2D eigenvalue weighted by Gasteiger charge is -2.23. The zero-order chi connectivity index (χ0) is 17.5. The summed E-state index contributed by atoms with van der Waals surface area (Å²) in [5.74, 6) is -0.757. The van der Waals surface area contributed by atoms with Crippen molar-refractivity contribution in [1.82, 2.24) is 0 Å². The predicted molar refractivity (Wildman–Crippen MR) is 91.4 cm³/mol. The molecule has 138 valence electrons. The Kier molecular flexibility index (Phi) is 14.5.